The van der Waals surface area contributed by atoms with Gasteiger partial charge in [-0.15, -0.1) is 0 Å². The van der Waals surface area contributed by atoms with E-state index in [1.165, 1.54) is 7.11 Å². The van der Waals surface area contributed by atoms with Crippen molar-refractivity contribution in [3.8, 4) is 0 Å². The summed E-state index contributed by atoms with van der Waals surface area (Å²) in [4.78, 5) is 0. The van der Waals surface area contributed by atoms with Crippen LogP contribution in [0, 0.1) is 5.92 Å². The van der Waals surface area contributed by atoms with Gasteiger partial charge in [-0.1, -0.05) is 36.8 Å². The van der Waals surface area contributed by atoms with Crippen molar-refractivity contribution in [1.82, 2.24) is 0 Å². The third-order valence-electron chi connectivity index (χ3n) is 5.20. The molecule has 0 bridgehead atoms. The zero-order valence-corrected chi connectivity index (χ0v) is 12.9. The first kappa shape index (κ1) is 14.3. The molecule has 1 aliphatic heterocycles. The molecule has 1 saturated heterocycles. The molecular weight excluding hydrogens is 271 g/mol. The van der Waals surface area contributed by atoms with Gasteiger partial charge in [0.05, 0.1) is 5.66 Å². The minimum absolute atomic E-state index is 0.141. The van der Waals surface area contributed by atoms with E-state index in [9.17, 15) is 9.67 Å². The third-order valence-corrected chi connectivity index (χ3v) is 8.78. The first-order valence-electron chi connectivity index (χ1n) is 7.55. The van der Waals surface area contributed by atoms with E-state index in [1.54, 1.807) is 0 Å². The van der Waals surface area contributed by atoms with Gasteiger partial charge in [0, 0.05) is 7.11 Å². The van der Waals surface area contributed by atoms with E-state index in [0.717, 1.165) is 37.7 Å². The zero-order valence-electron chi connectivity index (χ0n) is 12.0. The van der Waals surface area contributed by atoms with E-state index in [0.29, 0.717) is 6.42 Å². The predicted molar refractivity (Wildman–Crippen MR) is 79.9 cm³/mol. The van der Waals surface area contributed by atoms with Gasteiger partial charge in [0.15, 0.2) is 0 Å². The Labute approximate surface area is 120 Å². The van der Waals surface area contributed by atoms with Crippen LogP contribution in [0.5, 0.6) is 0 Å². The van der Waals surface area contributed by atoms with Crippen molar-refractivity contribution in [1.29, 1.82) is 0 Å². The van der Waals surface area contributed by atoms with Gasteiger partial charge in [-0.2, -0.15) is 0 Å². The van der Waals surface area contributed by atoms with Gasteiger partial charge >= 0.3 is 0 Å². The summed E-state index contributed by atoms with van der Waals surface area (Å²) in [6, 6.07) is 9.90. The molecule has 1 aromatic rings. The number of fused-ring (bicyclic) bond motifs is 1. The van der Waals surface area contributed by atoms with Crippen molar-refractivity contribution < 1.29 is 14.2 Å². The van der Waals surface area contributed by atoms with E-state index in [4.69, 9.17) is 4.52 Å². The number of rotatable bonds is 2. The van der Waals surface area contributed by atoms with Crippen molar-refractivity contribution in [2.24, 2.45) is 5.92 Å². The molecule has 2 aliphatic rings. The summed E-state index contributed by atoms with van der Waals surface area (Å²) in [6.45, 7) is 0. The average molecular weight is 294 g/mol. The molecular formula is C16H23O3P. The Bertz CT molecular complexity index is 516. The Morgan fingerprint density at radius 3 is 2.65 bits per heavy atom. The molecule has 0 aromatic heterocycles. The fraction of sp³-hybridized carbons (Fsp3) is 0.625. The molecule has 1 N–H and O–H groups in total. The van der Waals surface area contributed by atoms with Crippen LogP contribution in [0.2, 0.25) is 0 Å². The average Bonchev–Trinajstić information content (AvgIpc) is 2.49. The Morgan fingerprint density at radius 1 is 1.20 bits per heavy atom. The number of hydrogen-bond acceptors (Lipinski definition) is 3. The van der Waals surface area contributed by atoms with Crippen LogP contribution in [0.25, 0.3) is 0 Å². The normalized spacial score (nSPS) is 41.1. The van der Waals surface area contributed by atoms with Crippen LogP contribution in [0.3, 0.4) is 0 Å². The van der Waals surface area contributed by atoms with Crippen molar-refractivity contribution >= 4 is 7.37 Å². The summed E-state index contributed by atoms with van der Waals surface area (Å²) in [5.74, 6) is 0.141. The highest BCUT2D eigenvalue weighted by Gasteiger charge is 2.60. The molecule has 4 atom stereocenters. The largest absolute Gasteiger partial charge is 0.379 e. The van der Waals surface area contributed by atoms with E-state index in [2.05, 4.69) is 0 Å². The lowest BCUT2D eigenvalue weighted by molar-refractivity contribution is -0.00258. The van der Waals surface area contributed by atoms with E-state index >= 15 is 0 Å². The summed E-state index contributed by atoms with van der Waals surface area (Å²) in [7, 11) is -1.61. The second kappa shape index (κ2) is 5.29. The van der Waals surface area contributed by atoms with Crippen molar-refractivity contribution in [2.75, 3.05) is 7.11 Å². The highest BCUT2D eigenvalue weighted by atomic mass is 31.2. The number of hydrogen-bond donors (Lipinski definition) is 1. The summed E-state index contributed by atoms with van der Waals surface area (Å²) in [6.07, 6.45) is 5.47. The topological polar surface area (TPSA) is 46.5 Å². The lowest BCUT2D eigenvalue weighted by Crippen LogP contribution is -2.45. The molecule has 1 aliphatic carbocycles. The summed E-state index contributed by atoms with van der Waals surface area (Å²) < 4.78 is 19.1. The Morgan fingerprint density at radius 2 is 1.95 bits per heavy atom. The van der Waals surface area contributed by atoms with Crippen molar-refractivity contribution in [2.45, 2.75) is 49.5 Å². The van der Waals surface area contributed by atoms with Gasteiger partial charge in [0.1, 0.15) is 5.34 Å². The fourth-order valence-electron chi connectivity index (χ4n) is 4.12. The summed E-state index contributed by atoms with van der Waals surface area (Å²) in [5, 5.41) is 10.0. The van der Waals surface area contributed by atoms with E-state index < -0.39 is 12.7 Å². The first-order chi connectivity index (χ1) is 9.62. The van der Waals surface area contributed by atoms with E-state index in [-0.39, 0.29) is 11.6 Å². The third kappa shape index (κ3) is 1.99. The highest BCUT2D eigenvalue weighted by Crippen LogP contribution is 2.76. The lowest BCUT2D eigenvalue weighted by atomic mass is 9.81. The van der Waals surface area contributed by atoms with Crippen LogP contribution in [0.1, 0.15) is 49.7 Å². The fourth-order valence-corrected chi connectivity index (χ4v) is 7.52. The van der Waals surface area contributed by atoms with Gasteiger partial charge < -0.3 is 9.63 Å². The lowest BCUT2D eigenvalue weighted by Gasteiger charge is -2.50. The quantitative estimate of drug-likeness (QED) is 0.826. The number of benzene rings is 1. The van der Waals surface area contributed by atoms with Gasteiger partial charge in [-0.25, -0.2) is 0 Å². The van der Waals surface area contributed by atoms with Crippen LogP contribution in [0.4, 0.5) is 0 Å². The summed E-state index contributed by atoms with van der Waals surface area (Å²) >= 11 is 0. The van der Waals surface area contributed by atoms with E-state index in [1.807, 2.05) is 30.3 Å². The second-order valence-corrected chi connectivity index (χ2v) is 9.06. The molecule has 1 saturated carbocycles. The molecule has 0 amide bonds. The van der Waals surface area contributed by atoms with Crippen molar-refractivity contribution in [3.63, 3.8) is 0 Å². The SMILES string of the molecule is COP1(=O)C(c2ccccc2)CCC2CCCCC21O. The van der Waals surface area contributed by atoms with Gasteiger partial charge in [-0.05, 0) is 43.6 Å². The molecule has 3 rings (SSSR count). The minimum Gasteiger partial charge on any atom is -0.379 e. The second-order valence-electron chi connectivity index (χ2n) is 6.10. The van der Waals surface area contributed by atoms with Crippen LogP contribution >= 0.6 is 7.37 Å². The molecule has 2 fully saturated rings. The monoisotopic (exact) mass is 294 g/mol. The minimum atomic E-state index is -3.11. The summed E-state index contributed by atoms with van der Waals surface area (Å²) in [5.41, 5.74) is 0.878. The molecule has 0 radical (unpaired) electrons. The Balaban J connectivity index is 2.03. The molecule has 4 heteroatoms. The van der Waals surface area contributed by atoms with Crippen LogP contribution in [-0.4, -0.2) is 17.6 Å². The molecule has 0 spiro atoms. The molecule has 4 unspecified atom stereocenters. The maximum absolute atomic E-state index is 13.5. The number of aliphatic hydroxyl groups is 1. The van der Waals surface area contributed by atoms with Crippen LogP contribution < -0.4 is 0 Å². The molecule has 1 heterocycles. The van der Waals surface area contributed by atoms with Gasteiger partial charge in [-0.3, -0.25) is 4.57 Å². The smallest absolute Gasteiger partial charge is 0.240 e. The standard InChI is InChI=1S/C16H23O3P/c1-19-20(18)15(13-7-3-2-4-8-13)11-10-14-9-5-6-12-16(14,20)17/h2-4,7-8,14-15,17H,5-6,9-12H2,1H3. The van der Waals surface area contributed by atoms with Crippen LogP contribution in [0.15, 0.2) is 30.3 Å². The Hall–Kier alpha value is -0.630. The molecule has 1 aromatic carbocycles. The van der Waals surface area contributed by atoms with Crippen LogP contribution in [-0.2, 0) is 9.09 Å². The zero-order chi connectivity index (χ0) is 14.2. The predicted octanol–water partition coefficient (Wildman–Crippen LogP) is 4.32. The molecule has 110 valence electrons. The highest BCUT2D eigenvalue weighted by molar-refractivity contribution is 7.60. The first-order valence-corrected chi connectivity index (χ1v) is 9.24. The molecule has 20 heavy (non-hydrogen) atoms. The maximum atomic E-state index is 13.5. The molecule has 3 nitrogen and oxygen atoms in total. The van der Waals surface area contributed by atoms with Gasteiger partial charge in [0.2, 0.25) is 7.37 Å². The van der Waals surface area contributed by atoms with Gasteiger partial charge in [0.25, 0.3) is 0 Å². The Kier molecular flexibility index (Phi) is 3.79. The van der Waals surface area contributed by atoms with Crippen molar-refractivity contribution in [3.05, 3.63) is 35.9 Å². The maximum Gasteiger partial charge on any atom is 0.240 e.